The molecule has 0 saturated heterocycles. The van der Waals surface area contributed by atoms with Crippen LogP contribution < -0.4 is 0 Å². The molecule has 0 N–H and O–H groups in total. The zero-order valence-corrected chi connectivity index (χ0v) is 12.1. The minimum Gasteiger partial charge on any atom is -0.459 e. The highest BCUT2D eigenvalue weighted by Gasteiger charge is 2.18. The van der Waals surface area contributed by atoms with Crippen LogP contribution in [-0.2, 0) is 9.53 Å². The fraction of sp³-hybridized carbons (Fsp3) is 0.389. The van der Waals surface area contributed by atoms with Crippen LogP contribution in [0, 0.1) is 6.92 Å². The van der Waals surface area contributed by atoms with E-state index in [2.05, 4.69) is 6.58 Å². The summed E-state index contributed by atoms with van der Waals surface area (Å²) < 4.78 is 5.47. The summed E-state index contributed by atoms with van der Waals surface area (Å²) >= 11 is 0. The standard InChI is InChI=1S/C18H22O2/c1-14-8-11-16(12-9-14)13-10-15(2)18(19)20-17-6-4-3-5-7-17/h8-13,17H,2-7H2,1H3. The highest BCUT2D eigenvalue weighted by Crippen LogP contribution is 2.21. The normalized spacial score (nSPS) is 16.2. The number of hydrogen-bond donors (Lipinski definition) is 0. The van der Waals surface area contributed by atoms with E-state index in [1.807, 2.05) is 37.3 Å². The molecule has 1 saturated carbocycles. The summed E-state index contributed by atoms with van der Waals surface area (Å²) in [7, 11) is 0. The second kappa shape index (κ2) is 7.09. The molecule has 0 unspecified atom stereocenters. The zero-order valence-electron chi connectivity index (χ0n) is 12.1. The number of esters is 1. The molecule has 1 aliphatic rings. The lowest BCUT2D eigenvalue weighted by Crippen LogP contribution is -2.21. The van der Waals surface area contributed by atoms with Crippen LogP contribution in [0.25, 0.3) is 6.08 Å². The molecule has 20 heavy (non-hydrogen) atoms. The molecular weight excluding hydrogens is 248 g/mol. The minimum atomic E-state index is -0.291. The summed E-state index contributed by atoms with van der Waals surface area (Å²) in [6.45, 7) is 5.84. The Morgan fingerprint density at radius 3 is 2.50 bits per heavy atom. The average molecular weight is 270 g/mol. The Kier molecular flexibility index (Phi) is 5.16. The third kappa shape index (κ3) is 4.37. The highest BCUT2D eigenvalue weighted by molar-refractivity contribution is 5.92. The molecule has 1 aromatic carbocycles. The van der Waals surface area contributed by atoms with Gasteiger partial charge in [-0.3, -0.25) is 0 Å². The molecule has 2 nitrogen and oxygen atoms in total. The van der Waals surface area contributed by atoms with Crippen molar-refractivity contribution < 1.29 is 9.53 Å². The molecule has 0 aromatic heterocycles. The van der Waals surface area contributed by atoms with Gasteiger partial charge in [-0.05, 0) is 44.2 Å². The number of carbonyl (C=O) groups excluding carboxylic acids is 1. The molecule has 106 valence electrons. The first-order valence-corrected chi connectivity index (χ1v) is 7.30. The van der Waals surface area contributed by atoms with E-state index in [1.54, 1.807) is 6.08 Å². The van der Waals surface area contributed by atoms with Crippen LogP contribution in [0.3, 0.4) is 0 Å². The van der Waals surface area contributed by atoms with Crippen LogP contribution in [0.15, 0.2) is 42.5 Å². The average Bonchev–Trinajstić information content (AvgIpc) is 2.47. The molecule has 1 aliphatic carbocycles. The first-order chi connectivity index (χ1) is 9.65. The van der Waals surface area contributed by atoms with Gasteiger partial charge in [-0.25, -0.2) is 4.79 Å². The van der Waals surface area contributed by atoms with Crippen LogP contribution in [0.5, 0.6) is 0 Å². The minimum absolute atomic E-state index is 0.0841. The second-order valence-corrected chi connectivity index (χ2v) is 5.43. The molecule has 0 bridgehead atoms. The number of aryl methyl sites for hydroxylation is 1. The Balaban J connectivity index is 1.86. The summed E-state index contributed by atoms with van der Waals surface area (Å²) in [5.41, 5.74) is 2.69. The number of ether oxygens (including phenoxy) is 1. The van der Waals surface area contributed by atoms with Crippen LogP contribution in [0.1, 0.15) is 43.2 Å². The van der Waals surface area contributed by atoms with Crippen LogP contribution in [0.2, 0.25) is 0 Å². The summed E-state index contributed by atoms with van der Waals surface area (Å²) in [6, 6.07) is 8.13. The molecule has 2 heteroatoms. The Bertz CT molecular complexity index is 491. The van der Waals surface area contributed by atoms with Crippen molar-refractivity contribution in [2.75, 3.05) is 0 Å². The molecule has 1 aromatic rings. The summed E-state index contributed by atoms with van der Waals surface area (Å²) in [4.78, 5) is 11.9. The van der Waals surface area contributed by atoms with Gasteiger partial charge in [-0.2, -0.15) is 0 Å². The van der Waals surface area contributed by atoms with Crippen molar-refractivity contribution in [2.24, 2.45) is 0 Å². The number of benzene rings is 1. The third-order valence-corrected chi connectivity index (χ3v) is 3.64. The summed E-state index contributed by atoms with van der Waals surface area (Å²) in [5.74, 6) is -0.291. The lowest BCUT2D eigenvalue weighted by atomic mass is 9.98. The van der Waals surface area contributed by atoms with Crippen LogP contribution in [0.4, 0.5) is 0 Å². The van der Waals surface area contributed by atoms with Gasteiger partial charge in [0.25, 0.3) is 0 Å². The quantitative estimate of drug-likeness (QED) is 0.459. The first kappa shape index (κ1) is 14.6. The Morgan fingerprint density at radius 2 is 1.85 bits per heavy atom. The van der Waals surface area contributed by atoms with Gasteiger partial charge >= 0.3 is 5.97 Å². The molecular formula is C18H22O2. The highest BCUT2D eigenvalue weighted by atomic mass is 16.5. The van der Waals surface area contributed by atoms with Crippen molar-refractivity contribution in [2.45, 2.75) is 45.1 Å². The second-order valence-electron chi connectivity index (χ2n) is 5.43. The first-order valence-electron chi connectivity index (χ1n) is 7.30. The fourth-order valence-corrected chi connectivity index (χ4v) is 2.35. The lowest BCUT2D eigenvalue weighted by molar-refractivity contribution is -0.145. The van der Waals surface area contributed by atoms with E-state index in [-0.39, 0.29) is 12.1 Å². The van der Waals surface area contributed by atoms with Gasteiger partial charge in [0.15, 0.2) is 0 Å². The number of hydrogen-bond acceptors (Lipinski definition) is 2. The largest absolute Gasteiger partial charge is 0.459 e. The Hall–Kier alpha value is -1.83. The van der Waals surface area contributed by atoms with Gasteiger partial charge in [-0.1, -0.05) is 48.9 Å². The SMILES string of the molecule is C=C(C=Cc1ccc(C)cc1)C(=O)OC1CCCCC1. The lowest BCUT2D eigenvalue weighted by Gasteiger charge is -2.21. The van der Waals surface area contributed by atoms with E-state index in [4.69, 9.17) is 4.74 Å². The molecule has 0 aliphatic heterocycles. The predicted molar refractivity (Wildman–Crippen MR) is 82.3 cm³/mol. The van der Waals surface area contributed by atoms with E-state index in [1.165, 1.54) is 12.0 Å². The molecule has 0 spiro atoms. The number of rotatable bonds is 4. The van der Waals surface area contributed by atoms with E-state index in [0.717, 1.165) is 31.2 Å². The fourth-order valence-electron chi connectivity index (χ4n) is 2.35. The van der Waals surface area contributed by atoms with Gasteiger partial charge in [0.05, 0.1) is 5.57 Å². The van der Waals surface area contributed by atoms with Crippen molar-refractivity contribution in [3.8, 4) is 0 Å². The van der Waals surface area contributed by atoms with Crippen LogP contribution in [-0.4, -0.2) is 12.1 Å². The molecule has 0 atom stereocenters. The van der Waals surface area contributed by atoms with Crippen LogP contribution >= 0.6 is 0 Å². The van der Waals surface area contributed by atoms with E-state index < -0.39 is 0 Å². The number of carbonyl (C=O) groups is 1. The van der Waals surface area contributed by atoms with Crippen molar-refractivity contribution in [3.63, 3.8) is 0 Å². The predicted octanol–water partition coefficient (Wildman–Crippen LogP) is 4.44. The van der Waals surface area contributed by atoms with Gasteiger partial charge < -0.3 is 4.74 Å². The maximum atomic E-state index is 11.9. The van der Waals surface area contributed by atoms with Crippen molar-refractivity contribution in [1.29, 1.82) is 0 Å². The molecule has 1 fully saturated rings. The Labute approximate surface area is 121 Å². The molecule has 0 heterocycles. The molecule has 2 rings (SSSR count). The van der Waals surface area contributed by atoms with E-state index in [9.17, 15) is 4.79 Å². The smallest absolute Gasteiger partial charge is 0.337 e. The third-order valence-electron chi connectivity index (χ3n) is 3.64. The Morgan fingerprint density at radius 1 is 1.20 bits per heavy atom. The van der Waals surface area contributed by atoms with Crippen molar-refractivity contribution in [3.05, 3.63) is 53.6 Å². The maximum Gasteiger partial charge on any atom is 0.337 e. The zero-order chi connectivity index (χ0) is 14.4. The molecule has 0 radical (unpaired) electrons. The summed E-state index contributed by atoms with van der Waals surface area (Å²) in [6.07, 6.45) is 9.25. The summed E-state index contributed by atoms with van der Waals surface area (Å²) in [5, 5.41) is 0. The van der Waals surface area contributed by atoms with Gasteiger partial charge in [0.1, 0.15) is 6.10 Å². The molecule has 0 amide bonds. The van der Waals surface area contributed by atoms with Crippen molar-refractivity contribution >= 4 is 12.0 Å². The van der Waals surface area contributed by atoms with E-state index >= 15 is 0 Å². The maximum absolute atomic E-state index is 11.9. The van der Waals surface area contributed by atoms with Gasteiger partial charge in [0.2, 0.25) is 0 Å². The van der Waals surface area contributed by atoms with E-state index in [0.29, 0.717) is 5.57 Å². The van der Waals surface area contributed by atoms with Gasteiger partial charge in [0, 0.05) is 0 Å². The van der Waals surface area contributed by atoms with Gasteiger partial charge in [-0.15, -0.1) is 0 Å². The monoisotopic (exact) mass is 270 g/mol. The topological polar surface area (TPSA) is 26.3 Å². The van der Waals surface area contributed by atoms with Crippen molar-refractivity contribution in [1.82, 2.24) is 0 Å².